The van der Waals surface area contributed by atoms with Crippen LogP contribution in [-0.4, -0.2) is 9.77 Å². The molecule has 54 valence electrons. The van der Waals surface area contributed by atoms with E-state index in [9.17, 15) is 4.79 Å². The predicted molar refractivity (Wildman–Crippen MR) is 45.1 cm³/mol. The first-order valence-corrected chi connectivity index (χ1v) is 4.47. The Labute approximate surface area is 71.6 Å². The van der Waals surface area contributed by atoms with Crippen molar-refractivity contribution < 1.29 is 4.79 Å². The fraction of sp³-hybridized carbons (Fsp3) is 0.800. The molecule has 0 rings (SSSR count). The van der Waals surface area contributed by atoms with Crippen molar-refractivity contribution in [2.45, 2.75) is 24.7 Å². The third-order valence-electron chi connectivity index (χ3n) is 0.812. The van der Waals surface area contributed by atoms with Crippen LogP contribution in [0.15, 0.2) is 0 Å². The Balaban J connectivity index is 3.26. The number of carbonyl (C=O) groups is 1. The van der Waals surface area contributed by atoms with Crippen LogP contribution in [0.4, 0.5) is 4.79 Å². The molecule has 0 saturated heterocycles. The molecule has 1 atom stereocenters. The van der Waals surface area contributed by atoms with Gasteiger partial charge in [-0.15, -0.1) is 0 Å². The Morgan fingerprint density at radius 1 is 1.78 bits per heavy atom. The van der Waals surface area contributed by atoms with Gasteiger partial charge in [0.05, 0.1) is 4.95 Å². The normalized spacial score (nSPS) is 12.8. The maximum Gasteiger partial charge on any atom is 0.288 e. The molecule has 0 aromatic rings. The number of hydrogen-bond acceptors (Lipinski definition) is 1. The zero-order valence-electron chi connectivity index (χ0n) is 5.16. The molecule has 2 nitrogen and oxygen atoms in total. The summed E-state index contributed by atoms with van der Waals surface area (Å²) in [6.45, 7) is 2.06. The molecule has 0 bridgehead atoms. The SMILES string of the molecule is CCCC(Br)NC(=O)Br. The number of rotatable bonds is 3. The molecule has 0 aromatic carbocycles. The van der Waals surface area contributed by atoms with E-state index in [4.69, 9.17) is 0 Å². The van der Waals surface area contributed by atoms with Gasteiger partial charge in [0.15, 0.2) is 0 Å². The number of nitrogens with one attached hydrogen (secondary N) is 1. The second-order valence-corrected chi connectivity index (χ2v) is 3.50. The standard InChI is InChI=1S/C5H9Br2NO/c1-2-3-4(6)8-5(7)9/h4H,2-3H2,1H3,(H,8,9). The highest BCUT2D eigenvalue weighted by Gasteiger charge is 2.02. The van der Waals surface area contributed by atoms with Gasteiger partial charge in [0.1, 0.15) is 0 Å². The summed E-state index contributed by atoms with van der Waals surface area (Å²) in [4.78, 5) is 10.2. The highest BCUT2D eigenvalue weighted by molar-refractivity contribution is 9.18. The lowest BCUT2D eigenvalue weighted by atomic mass is 10.3. The van der Waals surface area contributed by atoms with Gasteiger partial charge in [-0.25, -0.2) is 0 Å². The third-order valence-corrected chi connectivity index (χ3v) is 1.73. The topological polar surface area (TPSA) is 29.1 Å². The molecule has 0 aliphatic carbocycles. The zero-order valence-corrected chi connectivity index (χ0v) is 8.33. The minimum atomic E-state index is -0.169. The monoisotopic (exact) mass is 257 g/mol. The average Bonchev–Trinajstić information content (AvgIpc) is 1.63. The van der Waals surface area contributed by atoms with E-state index in [0.717, 1.165) is 12.8 Å². The Morgan fingerprint density at radius 2 is 2.33 bits per heavy atom. The lowest BCUT2D eigenvalue weighted by molar-refractivity contribution is 0.261. The van der Waals surface area contributed by atoms with Crippen molar-refractivity contribution in [3.05, 3.63) is 0 Å². The van der Waals surface area contributed by atoms with Crippen LogP contribution >= 0.6 is 31.9 Å². The lowest BCUT2D eigenvalue weighted by Gasteiger charge is -2.06. The van der Waals surface area contributed by atoms with E-state index >= 15 is 0 Å². The Hall–Kier alpha value is 0.430. The predicted octanol–water partition coefficient (Wildman–Crippen LogP) is 2.61. The fourth-order valence-corrected chi connectivity index (χ4v) is 1.70. The molecular weight excluding hydrogens is 250 g/mol. The van der Waals surface area contributed by atoms with Gasteiger partial charge in [-0.2, -0.15) is 0 Å². The Bertz CT molecular complexity index is 97.0. The molecule has 9 heavy (non-hydrogen) atoms. The molecule has 0 heterocycles. The molecular formula is C5H9Br2NO. The summed E-state index contributed by atoms with van der Waals surface area (Å²) in [6, 6.07) is 0. The molecule has 1 N–H and O–H groups in total. The summed E-state index contributed by atoms with van der Waals surface area (Å²) >= 11 is 6.04. The van der Waals surface area contributed by atoms with E-state index in [-0.39, 0.29) is 9.77 Å². The molecule has 0 aliphatic heterocycles. The van der Waals surface area contributed by atoms with Crippen molar-refractivity contribution >= 4 is 36.7 Å². The minimum Gasteiger partial charge on any atom is -0.334 e. The van der Waals surface area contributed by atoms with Crippen LogP contribution in [0.5, 0.6) is 0 Å². The van der Waals surface area contributed by atoms with E-state index in [2.05, 4.69) is 44.1 Å². The van der Waals surface area contributed by atoms with Gasteiger partial charge in [0, 0.05) is 15.9 Å². The second kappa shape index (κ2) is 5.23. The maximum atomic E-state index is 10.3. The van der Waals surface area contributed by atoms with Gasteiger partial charge in [-0.1, -0.05) is 29.3 Å². The highest BCUT2D eigenvalue weighted by Crippen LogP contribution is 2.04. The van der Waals surface area contributed by atoms with Crippen LogP contribution in [-0.2, 0) is 0 Å². The third kappa shape index (κ3) is 6.31. The van der Waals surface area contributed by atoms with Gasteiger partial charge in [-0.3, -0.25) is 4.79 Å². The van der Waals surface area contributed by atoms with Crippen molar-refractivity contribution in [3.63, 3.8) is 0 Å². The van der Waals surface area contributed by atoms with Crippen molar-refractivity contribution in [2.24, 2.45) is 0 Å². The van der Waals surface area contributed by atoms with Gasteiger partial charge in [0.2, 0.25) is 0 Å². The van der Waals surface area contributed by atoms with E-state index in [1.54, 1.807) is 0 Å². The molecule has 1 amide bonds. The largest absolute Gasteiger partial charge is 0.334 e. The number of halogens is 2. The smallest absolute Gasteiger partial charge is 0.288 e. The maximum absolute atomic E-state index is 10.3. The van der Waals surface area contributed by atoms with Crippen LogP contribution in [0, 0.1) is 0 Å². The Morgan fingerprint density at radius 3 is 2.67 bits per heavy atom. The molecule has 0 aromatic heterocycles. The second-order valence-electron chi connectivity index (χ2n) is 1.67. The summed E-state index contributed by atoms with van der Waals surface area (Å²) in [7, 11) is 0. The summed E-state index contributed by atoms with van der Waals surface area (Å²) in [5.74, 6) is 0. The van der Waals surface area contributed by atoms with Gasteiger partial charge < -0.3 is 5.32 Å². The van der Waals surface area contributed by atoms with E-state index in [1.165, 1.54) is 0 Å². The van der Waals surface area contributed by atoms with Crippen molar-refractivity contribution in [2.75, 3.05) is 0 Å². The van der Waals surface area contributed by atoms with Crippen LogP contribution in [0.1, 0.15) is 19.8 Å². The molecule has 0 spiro atoms. The molecule has 1 unspecified atom stereocenters. The first-order chi connectivity index (χ1) is 4.16. The first kappa shape index (κ1) is 9.43. The lowest BCUT2D eigenvalue weighted by Crippen LogP contribution is -2.24. The van der Waals surface area contributed by atoms with Gasteiger partial charge in [-0.05, 0) is 6.42 Å². The first-order valence-electron chi connectivity index (χ1n) is 2.77. The van der Waals surface area contributed by atoms with Crippen molar-refractivity contribution in [1.29, 1.82) is 0 Å². The summed E-state index contributed by atoms with van der Waals surface area (Å²) < 4.78 is 0. The van der Waals surface area contributed by atoms with Crippen LogP contribution < -0.4 is 5.32 Å². The summed E-state index contributed by atoms with van der Waals surface area (Å²) in [6.07, 6.45) is 2.01. The van der Waals surface area contributed by atoms with Crippen molar-refractivity contribution in [3.8, 4) is 0 Å². The molecule has 0 saturated carbocycles. The summed E-state index contributed by atoms with van der Waals surface area (Å²) in [5.41, 5.74) is 0. The number of hydrogen-bond donors (Lipinski definition) is 1. The fourth-order valence-electron chi connectivity index (χ4n) is 0.449. The van der Waals surface area contributed by atoms with E-state index < -0.39 is 0 Å². The van der Waals surface area contributed by atoms with Crippen LogP contribution in [0.25, 0.3) is 0 Å². The minimum absolute atomic E-state index is 0.106. The van der Waals surface area contributed by atoms with E-state index in [0.29, 0.717) is 0 Å². The number of alkyl halides is 1. The van der Waals surface area contributed by atoms with Crippen molar-refractivity contribution in [1.82, 2.24) is 5.32 Å². The highest BCUT2D eigenvalue weighted by atomic mass is 79.9. The average molecular weight is 259 g/mol. The zero-order chi connectivity index (χ0) is 7.28. The number of amides is 1. The van der Waals surface area contributed by atoms with Crippen LogP contribution in [0.2, 0.25) is 0 Å². The van der Waals surface area contributed by atoms with Gasteiger partial charge >= 0.3 is 0 Å². The molecule has 0 fully saturated rings. The molecule has 4 heteroatoms. The number of carbonyl (C=O) groups excluding carboxylic acids is 1. The van der Waals surface area contributed by atoms with Gasteiger partial charge in [0.25, 0.3) is 4.82 Å². The quantitative estimate of drug-likeness (QED) is 0.471. The molecule has 0 radical (unpaired) electrons. The van der Waals surface area contributed by atoms with E-state index in [1.807, 2.05) is 0 Å². The van der Waals surface area contributed by atoms with Crippen LogP contribution in [0.3, 0.4) is 0 Å². The summed E-state index contributed by atoms with van der Waals surface area (Å²) in [5, 5.41) is 2.64. The Kier molecular flexibility index (Phi) is 5.48. The molecule has 0 aliphatic rings.